The smallest absolute Gasteiger partial charge is 0.0286 e. The Morgan fingerprint density at radius 2 is 1.25 bits per heavy atom. The fraction of sp³-hybridized carbons (Fsp3) is 0.812. The highest BCUT2D eigenvalue weighted by atomic mass is 14.0. The molecule has 1 radical (unpaired) electrons. The van der Waals surface area contributed by atoms with E-state index in [1.807, 2.05) is 0 Å². The van der Waals surface area contributed by atoms with E-state index in [2.05, 4.69) is 26.8 Å². The SMILES string of the molecule is [CH2]C(C)=CCCCCCCCCCCCC. The maximum Gasteiger partial charge on any atom is -0.0286 e. The minimum absolute atomic E-state index is 1.22. The molecule has 0 saturated heterocycles. The maximum atomic E-state index is 3.88. The quantitative estimate of drug-likeness (QED) is 0.372. The molecule has 0 amide bonds. The van der Waals surface area contributed by atoms with E-state index in [-0.39, 0.29) is 0 Å². The molecule has 0 nitrogen and oxygen atoms in total. The summed E-state index contributed by atoms with van der Waals surface area (Å²) in [5, 5.41) is 0. The molecule has 0 rings (SSSR count). The summed E-state index contributed by atoms with van der Waals surface area (Å²) in [6.07, 6.45) is 17.7. The van der Waals surface area contributed by atoms with Crippen molar-refractivity contribution in [3.63, 3.8) is 0 Å². The highest BCUT2D eigenvalue weighted by Gasteiger charge is 1.91. The molecular formula is C16H31. The molecule has 0 fully saturated rings. The normalized spacial score (nSPS) is 12.1. The van der Waals surface area contributed by atoms with E-state index in [0.717, 1.165) is 0 Å². The van der Waals surface area contributed by atoms with Crippen molar-refractivity contribution in [3.05, 3.63) is 18.6 Å². The first kappa shape index (κ1) is 15.7. The topological polar surface area (TPSA) is 0 Å². The van der Waals surface area contributed by atoms with E-state index in [1.165, 1.54) is 76.2 Å². The van der Waals surface area contributed by atoms with Crippen LogP contribution in [0.3, 0.4) is 0 Å². The minimum Gasteiger partial charge on any atom is -0.0856 e. The van der Waals surface area contributed by atoms with E-state index in [0.29, 0.717) is 0 Å². The van der Waals surface area contributed by atoms with Crippen molar-refractivity contribution in [1.29, 1.82) is 0 Å². The van der Waals surface area contributed by atoms with Crippen molar-refractivity contribution < 1.29 is 0 Å². The predicted octanol–water partition coefficient (Wildman–Crippen LogP) is 6.08. The van der Waals surface area contributed by atoms with Crippen LogP contribution in [0.2, 0.25) is 0 Å². The number of rotatable bonds is 11. The first-order chi connectivity index (χ1) is 7.77. The van der Waals surface area contributed by atoms with Crippen molar-refractivity contribution >= 4 is 0 Å². The molecule has 0 heteroatoms. The molecule has 0 bridgehead atoms. The van der Waals surface area contributed by atoms with Crippen LogP contribution < -0.4 is 0 Å². The van der Waals surface area contributed by atoms with Crippen LogP contribution in [-0.2, 0) is 0 Å². The lowest BCUT2D eigenvalue weighted by Crippen LogP contribution is -1.81. The first-order valence-corrected chi connectivity index (χ1v) is 7.26. The van der Waals surface area contributed by atoms with Gasteiger partial charge in [0, 0.05) is 0 Å². The molecular weight excluding hydrogens is 192 g/mol. The summed E-state index contributed by atoms with van der Waals surface area (Å²) in [5.41, 5.74) is 1.22. The Hall–Kier alpha value is -0.260. The maximum absolute atomic E-state index is 3.88. The highest BCUT2D eigenvalue weighted by Crippen LogP contribution is 2.11. The fourth-order valence-electron chi connectivity index (χ4n) is 1.98. The molecule has 0 aliphatic heterocycles. The van der Waals surface area contributed by atoms with Gasteiger partial charge in [0.15, 0.2) is 0 Å². The first-order valence-electron chi connectivity index (χ1n) is 7.26. The second-order valence-corrected chi connectivity index (χ2v) is 5.02. The molecule has 0 atom stereocenters. The second kappa shape index (κ2) is 12.8. The van der Waals surface area contributed by atoms with Gasteiger partial charge < -0.3 is 0 Å². The summed E-state index contributed by atoms with van der Waals surface area (Å²) in [7, 11) is 0. The van der Waals surface area contributed by atoms with Crippen LogP contribution in [0.5, 0.6) is 0 Å². The van der Waals surface area contributed by atoms with Gasteiger partial charge in [-0.05, 0) is 26.7 Å². The van der Waals surface area contributed by atoms with Gasteiger partial charge in [-0.25, -0.2) is 0 Å². The van der Waals surface area contributed by atoms with Crippen LogP contribution in [0.4, 0.5) is 0 Å². The van der Waals surface area contributed by atoms with Gasteiger partial charge in [0.25, 0.3) is 0 Å². The number of allylic oxidation sites excluding steroid dienone is 2. The molecule has 0 aromatic rings. The molecule has 0 spiro atoms. The van der Waals surface area contributed by atoms with Crippen LogP contribution in [0, 0.1) is 6.92 Å². The number of hydrogen-bond acceptors (Lipinski definition) is 0. The largest absolute Gasteiger partial charge is 0.0856 e. The lowest BCUT2D eigenvalue weighted by Gasteiger charge is -2.01. The molecule has 16 heavy (non-hydrogen) atoms. The average Bonchev–Trinajstić information content (AvgIpc) is 2.25. The fourth-order valence-corrected chi connectivity index (χ4v) is 1.98. The minimum atomic E-state index is 1.22. The van der Waals surface area contributed by atoms with Crippen molar-refractivity contribution in [2.75, 3.05) is 0 Å². The zero-order valence-electron chi connectivity index (χ0n) is 11.6. The van der Waals surface area contributed by atoms with E-state index < -0.39 is 0 Å². The number of unbranched alkanes of at least 4 members (excludes halogenated alkanes) is 10. The zero-order chi connectivity index (χ0) is 12.1. The third-order valence-electron chi connectivity index (χ3n) is 3.05. The standard InChI is InChI=1S/C16H31/c1-4-5-6-7-8-9-10-11-12-13-14-15-16(2)3/h15H,2,4-14H2,1,3H3. The number of hydrogen-bond donors (Lipinski definition) is 0. The molecule has 0 aromatic carbocycles. The molecule has 0 unspecified atom stereocenters. The van der Waals surface area contributed by atoms with E-state index in [1.54, 1.807) is 0 Å². The second-order valence-electron chi connectivity index (χ2n) is 5.02. The Labute approximate surface area is 104 Å². The summed E-state index contributed by atoms with van der Waals surface area (Å²) in [5.74, 6) is 0. The lowest BCUT2D eigenvalue weighted by atomic mass is 10.1. The van der Waals surface area contributed by atoms with Gasteiger partial charge >= 0.3 is 0 Å². The van der Waals surface area contributed by atoms with Gasteiger partial charge in [-0.3, -0.25) is 0 Å². The molecule has 0 N–H and O–H groups in total. The van der Waals surface area contributed by atoms with Gasteiger partial charge in [-0.2, -0.15) is 0 Å². The molecule has 0 aliphatic carbocycles. The molecule has 0 aliphatic rings. The van der Waals surface area contributed by atoms with E-state index in [4.69, 9.17) is 0 Å². The summed E-state index contributed by atoms with van der Waals surface area (Å²) in [4.78, 5) is 0. The van der Waals surface area contributed by atoms with Gasteiger partial charge in [-0.15, -0.1) is 0 Å². The van der Waals surface area contributed by atoms with E-state index in [9.17, 15) is 0 Å². The van der Waals surface area contributed by atoms with Crippen LogP contribution in [0.1, 0.15) is 84.5 Å². The van der Waals surface area contributed by atoms with E-state index >= 15 is 0 Å². The van der Waals surface area contributed by atoms with Crippen molar-refractivity contribution in [1.82, 2.24) is 0 Å². The van der Waals surface area contributed by atoms with Gasteiger partial charge in [0.05, 0.1) is 0 Å². The van der Waals surface area contributed by atoms with Crippen LogP contribution in [0.25, 0.3) is 0 Å². The third-order valence-corrected chi connectivity index (χ3v) is 3.05. The average molecular weight is 223 g/mol. The molecule has 0 aromatic heterocycles. The monoisotopic (exact) mass is 223 g/mol. The van der Waals surface area contributed by atoms with Gasteiger partial charge in [0.2, 0.25) is 0 Å². The van der Waals surface area contributed by atoms with Crippen molar-refractivity contribution in [2.24, 2.45) is 0 Å². The van der Waals surface area contributed by atoms with Gasteiger partial charge in [-0.1, -0.05) is 76.4 Å². The predicted molar refractivity (Wildman–Crippen MR) is 75.6 cm³/mol. The summed E-state index contributed by atoms with van der Waals surface area (Å²) in [6.45, 7) is 8.24. The zero-order valence-corrected chi connectivity index (χ0v) is 11.6. The van der Waals surface area contributed by atoms with Crippen molar-refractivity contribution in [3.8, 4) is 0 Å². The summed E-state index contributed by atoms with van der Waals surface area (Å²) >= 11 is 0. The van der Waals surface area contributed by atoms with Crippen LogP contribution >= 0.6 is 0 Å². The highest BCUT2D eigenvalue weighted by molar-refractivity contribution is 5.00. The Morgan fingerprint density at radius 3 is 1.69 bits per heavy atom. The van der Waals surface area contributed by atoms with Gasteiger partial charge in [0.1, 0.15) is 0 Å². The van der Waals surface area contributed by atoms with Crippen LogP contribution in [-0.4, -0.2) is 0 Å². The van der Waals surface area contributed by atoms with Crippen molar-refractivity contribution in [2.45, 2.75) is 84.5 Å². The van der Waals surface area contributed by atoms with Crippen LogP contribution in [0.15, 0.2) is 11.6 Å². The summed E-state index contributed by atoms with van der Waals surface area (Å²) in [6, 6.07) is 0. The Morgan fingerprint density at radius 1 is 0.812 bits per heavy atom. The molecule has 0 saturated carbocycles. The Kier molecular flexibility index (Phi) is 12.6. The third kappa shape index (κ3) is 13.7. The Bertz CT molecular complexity index is 151. The molecule has 0 heterocycles. The summed E-state index contributed by atoms with van der Waals surface area (Å²) < 4.78 is 0. The molecule has 95 valence electrons. The Balaban J connectivity index is 2.96. The lowest BCUT2D eigenvalue weighted by molar-refractivity contribution is 0.557.